The zero-order valence-electron chi connectivity index (χ0n) is 16.6. The number of ether oxygens (including phenoxy) is 1. The lowest BCUT2D eigenvalue weighted by molar-refractivity contribution is -0.941. The maximum atomic E-state index is 13.6. The Morgan fingerprint density at radius 2 is 1.68 bits per heavy atom. The molecule has 3 saturated heterocycles. The van der Waals surface area contributed by atoms with E-state index in [0.717, 1.165) is 52.7 Å². The van der Waals surface area contributed by atoms with Crippen LogP contribution >= 0.6 is 0 Å². The molecule has 2 bridgehead atoms. The van der Waals surface area contributed by atoms with Crippen LogP contribution in [0.3, 0.4) is 0 Å². The normalized spacial score (nSPS) is 29.0. The van der Waals surface area contributed by atoms with E-state index in [0.29, 0.717) is 5.92 Å². The minimum absolute atomic E-state index is 0.0201. The van der Waals surface area contributed by atoms with Crippen LogP contribution in [0.4, 0.5) is 0 Å². The third kappa shape index (κ3) is 2.42. The average molecular weight is 375 g/mol. The molecule has 2 aromatic rings. The Balaban J connectivity index is 1.48. The highest BCUT2D eigenvalue weighted by Gasteiger charge is 2.51. The van der Waals surface area contributed by atoms with E-state index >= 15 is 0 Å². The molecule has 3 aliphatic heterocycles. The second-order valence-electron chi connectivity index (χ2n) is 8.94. The van der Waals surface area contributed by atoms with Crippen molar-refractivity contribution in [2.24, 2.45) is 5.92 Å². The fraction of sp³-hybridized carbons (Fsp3) is 0.400. The van der Waals surface area contributed by atoms with Crippen molar-refractivity contribution >= 4 is 5.97 Å². The molecule has 0 saturated carbocycles. The van der Waals surface area contributed by atoms with Gasteiger partial charge in [-0.15, -0.1) is 0 Å². The topological polar surface area (TPSA) is 26.3 Å². The van der Waals surface area contributed by atoms with Crippen LogP contribution in [0.15, 0.2) is 61.2 Å². The molecular weight excluding hydrogens is 346 g/mol. The summed E-state index contributed by atoms with van der Waals surface area (Å²) in [5.74, 6) is 0.407. The minimum Gasteiger partial charge on any atom is -0.455 e. The first kappa shape index (κ1) is 17.7. The van der Waals surface area contributed by atoms with E-state index in [1.54, 1.807) is 0 Å². The van der Waals surface area contributed by atoms with Crippen molar-refractivity contribution < 1.29 is 14.0 Å². The lowest BCUT2D eigenvalue weighted by Gasteiger charge is -2.52. The third-order valence-corrected chi connectivity index (χ3v) is 7.45. The fourth-order valence-electron chi connectivity index (χ4n) is 5.81. The Bertz CT molecular complexity index is 894. The molecule has 4 aliphatic rings. The van der Waals surface area contributed by atoms with E-state index < -0.39 is 5.41 Å². The summed E-state index contributed by atoms with van der Waals surface area (Å²) in [6.45, 7) is 10.3. The summed E-state index contributed by atoms with van der Waals surface area (Å²) in [7, 11) is 0. The number of piperidine rings is 3. The molecule has 1 atom stereocenters. The number of hydrogen-bond acceptors (Lipinski definition) is 2. The molecule has 3 nitrogen and oxygen atoms in total. The fourth-order valence-corrected chi connectivity index (χ4v) is 5.81. The van der Waals surface area contributed by atoms with Gasteiger partial charge in [-0.05, 0) is 35.3 Å². The van der Waals surface area contributed by atoms with Gasteiger partial charge >= 0.3 is 5.97 Å². The van der Waals surface area contributed by atoms with Crippen molar-refractivity contribution in [2.45, 2.75) is 31.3 Å². The summed E-state index contributed by atoms with van der Waals surface area (Å²) in [5.41, 5.74) is 3.71. The summed E-state index contributed by atoms with van der Waals surface area (Å²) >= 11 is 0. The molecule has 0 amide bonds. The van der Waals surface area contributed by atoms with E-state index in [1.807, 2.05) is 37.3 Å². The van der Waals surface area contributed by atoms with Crippen LogP contribution in [0.2, 0.25) is 0 Å². The molecule has 0 aromatic heterocycles. The van der Waals surface area contributed by atoms with E-state index in [2.05, 4.69) is 30.8 Å². The number of carbonyl (C=O) groups excluding carboxylic acids is 1. The first-order chi connectivity index (χ1) is 13.6. The summed E-state index contributed by atoms with van der Waals surface area (Å²) in [4.78, 5) is 13.6. The van der Waals surface area contributed by atoms with Gasteiger partial charge in [0.1, 0.15) is 12.0 Å². The molecule has 1 aliphatic carbocycles. The molecule has 144 valence electrons. The maximum Gasteiger partial charge on any atom is 0.321 e. The van der Waals surface area contributed by atoms with Crippen molar-refractivity contribution in [1.82, 2.24) is 0 Å². The highest BCUT2D eigenvalue weighted by molar-refractivity contribution is 5.97. The van der Waals surface area contributed by atoms with Crippen LogP contribution in [0.1, 0.15) is 30.9 Å². The Morgan fingerprint density at radius 3 is 2.25 bits per heavy atom. The standard InChI is InChI=1S/C25H28NO2/c1-3-14-26-15-12-18(13-16-26)23(17-26)28-24(27)25(2)21-10-6-4-8-19(21)20-9-5-7-11-22(20)25/h3-11,18,23H,1,12-17H2,2H3/q+1/t18?,23-,26?/m0/s1. The second kappa shape index (κ2) is 6.31. The second-order valence-corrected chi connectivity index (χ2v) is 8.94. The van der Waals surface area contributed by atoms with E-state index in [1.165, 1.54) is 13.1 Å². The quantitative estimate of drug-likeness (QED) is 0.453. The van der Waals surface area contributed by atoms with Crippen LogP contribution in [-0.2, 0) is 14.9 Å². The molecule has 0 unspecified atom stereocenters. The molecule has 28 heavy (non-hydrogen) atoms. The molecule has 6 rings (SSSR count). The molecule has 3 heterocycles. The van der Waals surface area contributed by atoms with Gasteiger partial charge < -0.3 is 9.22 Å². The smallest absolute Gasteiger partial charge is 0.321 e. The van der Waals surface area contributed by atoms with Gasteiger partial charge in [-0.1, -0.05) is 55.1 Å². The van der Waals surface area contributed by atoms with Gasteiger partial charge in [0.2, 0.25) is 0 Å². The predicted octanol–water partition coefficient (Wildman–Crippen LogP) is 4.31. The van der Waals surface area contributed by atoms with Gasteiger partial charge in [0, 0.05) is 18.8 Å². The molecular formula is C25H28NO2+. The lowest BCUT2D eigenvalue weighted by atomic mass is 9.79. The van der Waals surface area contributed by atoms with Crippen LogP contribution in [0, 0.1) is 5.92 Å². The summed E-state index contributed by atoms with van der Waals surface area (Å²) in [6.07, 6.45) is 4.34. The zero-order valence-corrected chi connectivity index (χ0v) is 16.6. The Labute approximate surface area is 167 Å². The molecule has 0 radical (unpaired) electrons. The van der Waals surface area contributed by atoms with Gasteiger partial charge in [0.25, 0.3) is 0 Å². The Hall–Kier alpha value is -2.39. The Morgan fingerprint density at radius 1 is 1.11 bits per heavy atom. The summed E-state index contributed by atoms with van der Waals surface area (Å²) in [6, 6.07) is 16.5. The minimum atomic E-state index is -0.734. The molecule has 0 spiro atoms. The monoisotopic (exact) mass is 374 g/mol. The van der Waals surface area contributed by atoms with Gasteiger partial charge in [-0.2, -0.15) is 0 Å². The van der Waals surface area contributed by atoms with Gasteiger partial charge in [-0.3, -0.25) is 4.79 Å². The van der Waals surface area contributed by atoms with Gasteiger partial charge in [-0.25, -0.2) is 0 Å². The first-order valence-electron chi connectivity index (χ1n) is 10.4. The highest BCUT2D eigenvalue weighted by Crippen LogP contribution is 2.50. The SMILES string of the molecule is C=CC[N+]12CCC(CC1)[C@@H](OC(=O)C1(C)c3ccccc3-c3ccccc31)C2. The van der Waals surface area contributed by atoms with Crippen molar-refractivity contribution in [3.8, 4) is 11.1 Å². The van der Waals surface area contributed by atoms with E-state index in [-0.39, 0.29) is 12.1 Å². The number of esters is 1. The Kier molecular flexibility index (Phi) is 3.99. The number of rotatable bonds is 4. The molecule has 3 fully saturated rings. The number of carbonyl (C=O) groups is 1. The van der Waals surface area contributed by atoms with Crippen molar-refractivity contribution in [1.29, 1.82) is 0 Å². The highest BCUT2D eigenvalue weighted by atomic mass is 16.5. The van der Waals surface area contributed by atoms with Crippen molar-refractivity contribution in [2.75, 3.05) is 26.2 Å². The lowest BCUT2D eigenvalue weighted by Crippen LogP contribution is -2.64. The predicted molar refractivity (Wildman–Crippen MR) is 111 cm³/mol. The average Bonchev–Trinajstić information content (AvgIpc) is 2.99. The van der Waals surface area contributed by atoms with Crippen molar-refractivity contribution in [3.05, 3.63) is 72.3 Å². The van der Waals surface area contributed by atoms with Crippen LogP contribution in [0.5, 0.6) is 0 Å². The molecule has 3 heteroatoms. The van der Waals surface area contributed by atoms with Crippen LogP contribution < -0.4 is 0 Å². The van der Waals surface area contributed by atoms with E-state index in [4.69, 9.17) is 4.74 Å². The number of benzene rings is 2. The maximum absolute atomic E-state index is 13.6. The van der Waals surface area contributed by atoms with Crippen LogP contribution in [0.25, 0.3) is 11.1 Å². The molecule has 2 aromatic carbocycles. The van der Waals surface area contributed by atoms with Gasteiger partial charge in [0.15, 0.2) is 6.10 Å². The first-order valence-corrected chi connectivity index (χ1v) is 10.4. The number of quaternary nitrogens is 1. The zero-order chi connectivity index (χ0) is 19.4. The van der Waals surface area contributed by atoms with Crippen molar-refractivity contribution in [3.63, 3.8) is 0 Å². The summed E-state index contributed by atoms with van der Waals surface area (Å²) < 4.78 is 7.34. The number of hydrogen-bond donors (Lipinski definition) is 0. The third-order valence-electron chi connectivity index (χ3n) is 7.45. The largest absolute Gasteiger partial charge is 0.455 e. The number of fused-ring (bicyclic) bond motifs is 6. The molecule has 0 N–H and O–H groups in total. The number of nitrogens with zero attached hydrogens (tertiary/aromatic N) is 1. The van der Waals surface area contributed by atoms with E-state index in [9.17, 15) is 4.79 Å². The van der Waals surface area contributed by atoms with Gasteiger partial charge in [0.05, 0.1) is 19.6 Å². The summed E-state index contributed by atoms with van der Waals surface area (Å²) in [5, 5.41) is 0. The van der Waals surface area contributed by atoms with Crippen LogP contribution in [-0.4, -0.2) is 42.7 Å².